The van der Waals surface area contributed by atoms with Crippen LogP contribution in [-0.2, 0) is 9.59 Å². The fourth-order valence-electron chi connectivity index (χ4n) is 4.70. The zero-order valence-corrected chi connectivity index (χ0v) is 27.5. The molecular weight excluding hydrogens is 626 g/mol. The first-order valence-corrected chi connectivity index (χ1v) is 16.4. The maximum Gasteiger partial charge on any atom is 0.272 e. The molecule has 0 bridgehead atoms. The van der Waals surface area contributed by atoms with Crippen molar-refractivity contribution in [1.29, 1.82) is 0 Å². The number of carbonyl (C=O) groups is 3. The van der Waals surface area contributed by atoms with E-state index in [0.717, 1.165) is 16.1 Å². The minimum absolute atomic E-state index is 0.0349. The molecule has 0 aromatic heterocycles. The van der Waals surface area contributed by atoms with Crippen molar-refractivity contribution >= 4 is 58.5 Å². The van der Waals surface area contributed by atoms with E-state index in [1.807, 2.05) is 72.8 Å². The van der Waals surface area contributed by atoms with Gasteiger partial charge in [0.1, 0.15) is 10.9 Å². The highest BCUT2D eigenvalue weighted by atomic mass is 35.5. The Morgan fingerprint density at radius 1 is 0.660 bits per heavy atom. The Hall–Kier alpha value is -5.11. The Morgan fingerprint density at radius 2 is 1.23 bits per heavy atom. The van der Waals surface area contributed by atoms with E-state index in [-0.39, 0.29) is 11.6 Å². The Balaban J connectivity index is 1.32. The normalized spacial score (nSPS) is 11.9. The minimum Gasteiger partial charge on any atom is -0.325 e. The number of amides is 3. The van der Waals surface area contributed by atoms with Crippen LogP contribution in [0.4, 0.5) is 11.4 Å². The van der Waals surface area contributed by atoms with Gasteiger partial charge in [-0.2, -0.15) is 0 Å². The molecular formula is C39H34ClN3O3S. The summed E-state index contributed by atoms with van der Waals surface area (Å²) in [4.78, 5) is 40.8. The van der Waals surface area contributed by atoms with Gasteiger partial charge in [-0.1, -0.05) is 104 Å². The molecule has 6 nitrogen and oxygen atoms in total. The van der Waals surface area contributed by atoms with E-state index in [4.69, 9.17) is 11.6 Å². The van der Waals surface area contributed by atoms with Crippen LogP contribution in [0.2, 0.25) is 5.02 Å². The molecule has 1 atom stereocenters. The fourth-order valence-corrected chi connectivity index (χ4v) is 5.92. The number of hydrogen-bond donors (Lipinski definition) is 3. The van der Waals surface area contributed by atoms with Crippen molar-refractivity contribution in [3.05, 3.63) is 166 Å². The molecule has 0 heterocycles. The average Bonchev–Trinajstić information content (AvgIpc) is 3.09. The molecule has 0 fully saturated rings. The van der Waals surface area contributed by atoms with Crippen LogP contribution in [0, 0.1) is 0 Å². The predicted molar refractivity (Wildman–Crippen MR) is 193 cm³/mol. The van der Waals surface area contributed by atoms with Crippen molar-refractivity contribution in [2.75, 3.05) is 10.6 Å². The summed E-state index contributed by atoms with van der Waals surface area (Å²) >= 11 is 7.77. The van der Waals surface area contributed by atoms with Gasteiger partial charge in [-0.3, -0.25) is 14.4 Å². The summed E-state index contributed by atoms with van der Waals surface area (Å²) < 4.78 is 0. The highest BCUT2D eigenvalue weighted by Crippen LogP contribution is 2.37. The van der Waals surface area contributed by atoms with Crippen LogP contribution >= 0.6 is 23.4 Å². The van der Waals surface area contributed by atoms with Gasteiger partial charge >= 0.3 is 0 Å². The van der Waals surface area contributed by atoms with Crippen molar-refractivity contribution in [2.24, 2.45) is 0 Å². The van der Waals surface area contributed by atoms with Crippen LogP contribution in [0.25, 0.3) is 6.08 Å². The largest absolute Gasteiger partial charge is 0.325 e. The lowest BCUT2D eigenvalue weighted by Gasteiger charge is -2.18. The van der Waals surface area contributed by atoms with Gasteiger partial charge in [0, 0.05) is 26.9 Å². The van der Waals surface area contributed by atoms with E-state index in [9.17, 15) is 14.4 Å². The third-order valence-electron chi connectivity index (χ3n) is 7.29. The molecule has 5 aromatic rings. The fraction of sp³-hybridized carbons (Fsp3) is 0.103. The molecule has 0 aliphatic carbocycles. The third-order valence-corrected chi connectivity index (χ3v) is 8.90. The number of benzene rings is 5. The molecule has 1 unspecified atom stereocenters. The Kier molecular flexibility index (Phi) is 11.3. The first-order valence-electron chi connectivity index (χ1n) is 15.1. The summed E-state index contributed by atoms with van der Waals surface area (Å²) in [6.07, 6.45) is 1.54. The summed E-state index contributed by atoms with van der Waals surface area (Å²) in [7, 11) is 0. The summed E-state index contributed by atoms with van der Waals surface area (Å²) in [5, 5.41) is 8.58. The molecule has 0 radical (unpaired) electrons. The van der Waals surface area contributed by atoms with Gasteiger partial charge in [0.2, 0.25) is 5.91 Å². The molecule has 5 rings (SSSR count). The van der Waals surface area contributed by atoms with Crippen LogP contribution in [0.3, 0.4) is 0 Å². The monoisotopic (exact) mass is 659 g/mol. The Labute approximate surface area is 284 Å². The van der Waals surface area contributed by atoms with Gasteiger partial charge in [0.05, 0.1) is 0 Å². The molecule has 3 amide bonds. The molecule has 47 heavy (non-hydrogen) atoms. The topological polar surface area (TPSA) is 87.3 Å². The van der Waals surface area contributed by atoms with E-state index in [1.54, 1.807) is 66.7 Å². The predicted octanol–water partition coefficient (Wildman–Crippen LogP) is 9.35. The van der Waals surface area contributed by atoms with Crippen molar-refractivity contribution in [1.82, 2.24) is 5.32 Å². The maximum atomic E-state index is 13.5. The average molecular weight is 660 g/mol. The second kappa shape index (κ2) is 15.9. The molecule has 3 N–H and O–H groups in total. The van der Waals surface area contributed by atoms with Gasteiger partial charge in [0.15, 0.2) is 0 Å². The molecule has 0 spiro atoms. The van der Waals surface area contributed by atoms with E-state index in [1.165, 1.54) is 17.3 Å². The molecule has 0 aliphatic rings. The van der Waals surface area contributed by atoms with E-state index in [2.05, 4.69) is 29.8 Å². The number of thioether (sulfide) groups is 1. The third kappa shape index (κ3) is 9.22. The first kappa shape index (κ1) is 33.3. The second-order valence-corrected chi connectivity index (χ2v) is 12.6. The van der Waals surface area contributed by atoms with Gasteiger partial charge in [0.25, 0.3) is 11.8 Å². The highest BCUT2D eigenvalue weighted by molar-refractivity contribution is 8.00. The van der Waals surface area contributed by atoms with Crippen molar-refractivity contribution in [3.63, 3.8) is 0 Å². The molecule has 236 valence electrons. The molecule has 0 saturated carbocycles. The molecule has 8 heteroatoms. The zero-order valence-electron chi connectivity index (χ0n) is 25.9. The standard InChI is InChI=1S/C39H34ClN3O3S/c1-26(2)27-17-19-31(20-18-27)42-39(46)36(28-11-5-3-6-12-28)47-33-23-21-32(22-24-33)41-38(45)35(25-30-15-9-10-16-34(30)40)43-37(44)29-13-7-4-8-14-29/h3-26,36H,1-2H3,(H,41,45)(H,42,46)(H,43,44)/b35-25-. The smallest absolute Gasteiger partial charge is 0.272 e. The van der Waals surface area contributed by atoms with E-state index >= 15 is 0 Å². The number of rotatable bonds is 11. The van der Waals surface area contributed by atoms with E-state index < -0.39 is 17.1 Å². The van der Waals surface area contributed by atoms with Crippen molar-refractivity contribution < 1.29 is 14.4 Å². The molecule has 0 saturated heterocycles. The number of nitrogens with one attached hydrogen (secondary N) is 3. The van der Waals surface area contributed by atoms with Gasteiger partial charge in [-0.25, -0.2) is 0 Å². The molecule has 0 aliphatic heterocycles. The van der Waals surface area contributed by atoms with E-state index in [0.29, 0.717) is 27.8 Å². The minimum atomic E-state index is -0.514. The number of hydrogen-bond acceptors (Lipinski definition) is 4. The van der Waals surface area contributed by atoms with Gasteiger partial charge in [-0.15, -0.1) is 11.8 Å². The second-order valence-electron chi connectivity index (χ2n) is 11.1. The van der Waals surface area contributed by atoms with Crippen molar-refractivity contribution in [2.45, 2.75) is 29.9 Å². The van der Waals surface area contributed by atoms with Gasteiger partial charge in [-0.05, 0) is 83.3 Å². The quantitative estimate of drug-likeness (QED) is 0.0974. The number of halogens is 1. The van der Waals surface area contributed by atoms with Crippen LogP contribution in [0.15, 0.2) is 144 Å². The summed E-state index contributed by atoms with van der Waals surface area (Å²) in [6, 6.07) is 40.5. The SMILES string of the molecule is CC(C)c1ccc(NC(=O)C(Sc2ccc(NC(=O)/C(=C/c3ccccc3Cl)NC(=O)c3ccccc3)cc2)c2ccccc2)cc1. The summed E-state index contributed by atoms with van der Waals surface area (Å²) in [6.45, 7) is 4.26. The highest BCUT2D eigenvalue weighted by Gasteiger charge is 2.23. The molecule has 5 aromatic carbocycles. The van der Waals surface area contributed by atoms with Crippen LogP contribution in [0.1, 0.15) is 52.1 Å². The zero-order chi connectivity index (χ0) is 33.2. The van der Waals surface area contributed by atoms with Crippen LogP contribution < -0.4 is 16.0 Å². The summed E-state index contributed by atoms with van der Waals surface area (Å²) in [5.74, 6) is -0.677. The van der Waals surface area contributed by atoms with Gasteiger partial charge < -0.3 is 16.0 Å². The lowest BCUT2D eigenvalue weighted by atomic mass is 10.0. The lowest BCUT2D eigenvalue weighted by molar-refractivity contribution is -0.116. The maximum absolute atomic E-state index is 13.5. The van der Waals surface area contributed by atoms with Crippen LogP contribution in [-0.4, -0.2) is 17.7 Å². The van der Waals surface area contributed by atoms with Crippen LogP contribution in [0.5, 0.6) is 0 Å². The lowest BCUT2D eigenvalue weighted by Crippen LogP contribution is -2.30. The summed E-state index contributed by atoms with van der Waals surface area (Å²) in [5.41, 5.74) is 4.36. The number of carbonyl (C=O) groups excluding carboxylic acids is 3. The van der Waals surface area contributed by atoms with Crippen molar-refractivity contribution in [3.8, 4) is 0 Å². The first-order chi connectivity index (χ1) is 22.8. The Bertz CT molecular complexity index is 1860. The number of anilines is 2. The Morgan fingerprint density at radius 3 is 1.87 bits per heavy atom.